The van der Waals surface area contributed by atoms with Crippen molar-refractivity contribution < 1.29 is 13.5 Å². The lowest BCUT2D eigenvalue weighted by atomic mass is 10.3. The van der Waals surface area contributed by atoms with Crippen LogP contribution in [0.2, 0.25) is 4.34 Å². The van der Waals surface area contributed by atoms with Gasteiger partial charge in [-0.25, -0.2) is 13.1 Å². The van der Waals surface area contributed by atoms with Gasteiger partial charge in [-0.05, 0) is 19.1 Å². The van der Waals surface area contributed by atoms with Crippen LogP contribution in [0.25, 0.3) is 0 Å². The van der Waals surface area contributed by atoms with E-state index < -0.39 is 22.7 Å². The summed E-state index contributed by atoms with van der Waals surface area (Å²) >= 11 is 7.12. The average Bonchev–Trinajstić information content (AvgIpc) is 2.96. The van der Waals surface area contributed by atoms with E-state index in [1.54, 1.807) is 19.1 Å². The predicted octanol–water partition coefficient (Wildman–Crippen LogP) is 1.66. The minimum atomic E-state index is -3.76. The fourth-order valence-corrected chi connectivity index (χ4v) is 4.04. The van der Waals surface area contributed by atoms with Gasteiger partial charge in [-0.15, -0.1) is 11.3 Å². The van der Waals surface area contributed by atoms with E-state index in [4.69, 9.17) is 16.7 Å². The monoisotopic (exact) mass is 321 g/mol. The van der Waals surface area contributed by atoms with Crippen LogP contribution in [0.15, 0.2) is 23.4 Å². The quantitative estimate of drug-likeness (QED) is 0.780. The molecule has 19 heavy (non-hydrogen) atoms. The molecule has 0 spiro atoms. The van der Waals surface area contributed by atoms with Crippen LogP contribution in [-0.2, 0) is 16.6 Å². The highest BCUT2D eigenvalue weighted by Crippen LogP contribution is 2.27. The van der Waals surface area contributed by atoms with Crippen molar-refractivity contribution in [2.45, 2.75) is 24.6 Å². The molecule has 9 heteroatoms. The van der Waals surface area contributed by atoms with E-state index in [0.29, 0.717) is 4.34 Å². The van der Waals surface area contributed by atoms with E-state index in [9.17, 15) is 8.42 Å². The summed E-state index contributed by atoms with van der Waals surface area (Å²) in [4.78, 5) is 0.804. The average molecular weight is 322 g/mol. The van der Waals surface area contributed by atoms with Crippen molar-refractivity contribution >= 4 is 33.0 Å². The predicted molar refractivity (Wildman–Crippen MR) is 72.6 cm³/mol. The summed E-state index contributed by atoms with van der Waals surface area (Å²) in [5, 5.41) is 14.9. The first-order chi connectivity index (χ1) is 8.94. The molecule has 0 aliphatic carbocycles. The molecule has 1 atom stereocenters. The second kappa shape index (κ2) is 5.59. The number of aromatic amines is 1. The molecular formula is C10H12ClN3O3S2. The third kappa shape index (κ3) is 3.15. The second-order valence-corrected chi connectivity index (χ2v) is 7.26. The van der Waals surface area contributed by atoms with Crippen molar-refractivity contribution in [1.82, 2.24) is 14.9 Å². The van der Waals surface area contributed by atoms with Gasteiger partial charge in [0.15, 0.2) is 5.03 Å². The summed E-state index contributed by atoms with van der Waals surface area (Å²) in [5.74, 6) is 0. The molecule has 2 heterocycles. The number of aliphatic hydroxyl groups excluding tert-OH is 1. The molecule has 2 aromatic heterocycles. The summed E-state index contributed by atoms with van der Waals surface area (Å²) in [6.07, 6.45) is 1.28. The van der Waals surface area contributed by atoms with E-state index in [1.807, 2.05) is 0 Å². The molecule has 0 saturated heterocycles. The van der Waals surface area contributed by atoms with Crippen LogP contribution >= 0.6 is 22.9 Å². The lowest BCUT2D eigenvalue weighted by Crippen LogP contribution is -2.27. The van der Waals surface area contributed by atoms with Gasteiger partial charge in [0.2, 0.25) is 0 Å². The summed E-state index contributed by atoms with van der Waals surface area (Å²) in [6, 6.07) is 3.05. The van der Waals surface area contributed by atoms with Gasteiger partial charge in [-0.3, -0.25) is 5.10 Å². The molecule has 0 aliphatic rings. The van der Waals surface area contributed by atoms with Crippen LogP contribution in [0, 0.1) is 0 Å². The van der Waals surface area contributed by atoms with Crippen LogP contribution in [-0.4, -0.2) is 23.7 Å². The molecule has 104 valence electrons. The first-order valence-electron chi connectivity index (χ1n) is 5.34. The zero-order valence-electron chi connectivity index (χ0n) is 9.92. The highest BCUT2D eigenvalue weighted by molar-refractivity contribution is 7.89. The molecule has 0 radical (unpaired) electrons. The zero-order chi connectivity index (χ0) is 14.0. The van der Waals surface area contributed by atoms with Crippen molar-refractivity contribution in [3.63, 3.8) is 0 Å². The zero-order valence-corrected chi connectivity index (χ0v) is 12.3. The van der Waals surface area contributed by atoms with Crippen LogP contribution in [0.5, 0.6) is 0 Å². The molecule has 0 amide bonds. The maximum absolute atomic E-state index is 12.1. The van der Waals surface area contributed by atoms with Gasteiger partial charge in [0, 0.05) is 10.4 Å². The number of thiophene rings is 1. The fraction of sp³-hybridized carbons (Fsp3) is 0.300. The van der Waals surface area contributed by atoms with Gasteiger partial charge >= 0.3 is 0 Å². The highest BCUT2D eigenvalue weighted by atomic mass is 35.5. The lowest BCUT2D eigenvalue weighted by molar-refractivity contribution is 0.278. The number of hydrogen-bond acceptors (Lipinski definition) is 5. The summed E-state index contributed by atoms with van der Waals surface area (Å²) in [6.45, 7) is 1.32. The first kappa shape index (κ1) is 14.5. The third-order valence-electron chi connectivity index (χ3n) is 2.47. The highest BCUT2D eigenvalue weighted by Gasteiger charge is 2.23. The number of halogens is 1. The summed E-state index contributed by atoms with van der Waals surface area (Å²) in [5.41, 5.74) is 0.226. The Labute approximate surface area is 119 Å². The molecule has 0 fully saturated rings. The number of aromatic nitrogens is 2. The van der Waals surface area contributed by atoms with E-state index in [-0.39, 0.29) is 10.6 Å². The molecule has 0 aliphatic heterocycles. The topological polar surface area (TPSA) is 95.1 Å². The van der Waals surface area contributed by atoms with E-state index in [0.717, 1.165) is 4.88 Å². The largest absolute Gasteiger partial charge is 0.392 e. The maximum Gasteiger partial charge on any atom is 0.258 e. The van der Waals surface area contributed by atoms with Crippen LogP contribution < -0.4 is 4.72 Å². The molecule has 2 aromatic rings. The molecular weight excluding hydrogens is 310 g/mol. The molecule has 0 bridgehead atoms. The Morgan fingerprint density at radius 2 is 2.32 bits per heavy atom. The Kier molecular flexibility index (Phi) is 4.26. The van der Waals surface area contributed by atoms with E-state index >= 15 is 0 Å². The molecule has 6 nitrogen and oxygen atoms in total. The second-order valence-electron chi connectivity index (χ2n) is 3.87. The van der Waals surface area contributed by atoms with Crippen LogP contribution in [0.4, 0.5) is 0 Å². The summed E-state index contributed by atoms with van der Waals surface area (Å²) < 4.78 is 27.4. The number of nitrogens with one attached hydrogen (secondary N) is 2. The fourth-order valence-electron chi connectivity index (χ4n) is 1.56. The number of hydrogen-bond donors (Lipinski definition) is 3. The van der Waals surface area contributed by atoms with Gasteiger partial charge in [0.05, 0.1) is 23.2 Å². The SMILES string of the molecule is CC(NS(=O)(=O)c1[nH]ncc1CO)c1ccc(Cl)s1. The lowest BCUT2D eigenvalue weighted by Gasteiger charge is -2.12. The van der Waals surface area contributed by atoms with Crippen molar-refractivity contribution in [3.8, 4) is 0 Å². The molecule has 3 N–H and O–H groups in total. The number of aliphatic hydroxyl groups is 1. The maximum atomic E-state index is 12.1. The number of nitrogens with zero attached hydrogens (tertiary/aromatic N) is 1. The normalized spacial score (nSPS) is 13.6. The molecule has 2 rings (SSSR count). The number of sulfonamides is 1. The van der Waals surface area contributed by atoms with Gasteiger partial charge in [0.1, 0.15) is 0 Å². The van der Waals surface area contributed by atoms with Gasteiger partial charge in [0.25, 0.3) is 10.0 Å². The van der Waals surface area contributed by atoms with E-state index in [1.165, 1.54) is 17.5 Å². The minimum absolute atomic E-state index is 0.121. The smallest absolute Gasteiger partial charge is 0.258 e. The Hall–Kier alpha value is -0.930. The first-order valence-corrected chi connectivity index (χ1v) is 8.02. The van der Waals surface area contributed by atoms with Crippen LogP contribution in [0.3, 0.4) is 0 Å². The summed E-state index contributed by atoms with van der Waals surface area (Å²) in [7, 11) is -3.76. The Bertz CT molecular complexity index is 665. The van der Waals surface area contributed by atoms with Crippen molar-refractivity contribution in [1.29, 1.82) is 0 Å². The Morgan fingerprint density at radius 1 is 1.58 bits per heavy atom. The molecule has 0 aromatic carbocycles. The molecule has 1 unspecified atom stereocenters. The van der Waals surface area contributed by atoms with E-state index in [2.05, 4.69) is 14.9 Å². The standard InChI is InChI=1S/C10H12ClN3O3S2/c1-6(8-2-3-9(11)18-8)14-19(16,17)10-7(5-15)4-12-13-10/h2-4,6,14-15H,5H2,1H3,(H,12,13). The molecule has 0 saturated carbocycles. The third-order valence-corrected chi connectivity index (χ3v) is 5.44. The van der Waals surface area contributed by atoms with Gasteiger partial charge in [-0.1, -0.05) is 11.6 Å². The van der Waals surface area contributed by atoms with Crippen LogP contribution in [0.1, 0.15) is 23.4 Å². The number of rotatable bonds is 5. The minimum Gasteiger partial charge on any atom is -0.392 e. The Morgan fingerprint density at radius 3 is 2.89 bits per heavy atom. The number of H-pyrrole nitrogens is 1. The van der Waals surface area contributed by atoms with Gasteiger partial charge in [-0.2, -0.15) is 5.10 Å². The Balaban J connectivity index is 2.22. The van der Waals surface area contributed by atoms with Crippen molar-refractivity contribution in [2.24, 2.45) is 0 Å². The van der Waals surface area contributed by atoms with Crippen molar-refractivity contribution in [3.05, 3.63) is 33.1 Å². The van der Waals surface area contributed by atoms with Crippen molar-refractivity contribution in [2.75, 3.05) is 0 Å². The van der Waals surface area contributed by atoms with Gasteiger partial charge < -0.3 is 5.11 Å².